The predicted molar refractivity (Wildman–Crippen MR) is 124 cm³/mol. The van der Waals surface area contributed by atoms with Gasteiger partial charge in [0.25, 0.3) is 17.5 Å². The van der Waals surface area contributed by atoms with E-state index in [0.29, 0.717) is 13.1 Å². The van der Waals surface area contributed by atoms with E-state index in [-0.39, 0.29) is 17.2 Å². The largest absolute Gasteiger partial charge is 0.451 e. The average molecular weight is 469 g/mol. The first-order valence-electron chi connectivity index (χ1n) is 11.1. The van der Waals surface area contributed by atoms with E-state index in [9.17, 15) is 24.5 Å². The summed E-state index contributed by atoms with van der Waals surface area (Å²) in [5.74, 6) is -1.70. The molecule has 1 heterocycles. The van der Waals surface area contributed by atoms with Gasteiger partial charge in [0.15, 0.2) is 6.10 Å². The Morgan fingerprint density at radius 2 is 1.71 bits per heavy atom. The predicted octanol–water partition coefficient (Wildman–Crippen LogP) is 1.99. The molecule has 2 atom stereocenters. The van der Waals surface area contributed by atoms with E-state index in [1.165, 1.54) is 37.6 Å². The van der Waals surface area contributed by atoms with Crippen LogP contribution in [0.1, 0.15) is 29.8 Å². The molecule has 0 saturated carbocycles. The van der Waals surface area contributed by atoms with Crippen LogP contribution in [0.5, 0.6) is 0 Å². The molecule has 34 heavy (non-hydrogen) atoms. The number of hydrogen-bond donors (Lipinski definition) is 1. The van der Waals surface area contributed by atoms with Gasteiger partial charge in [-0.05, 0) is 25.5 Å². The molecule has 10 heteroatoms. The molecular weight excluding hydrogens is 440 g/mol. The van der Waals surface area contributed by atoms with Crippen LogP contribution in [0.4, 0.5) is 5.69 Å². The van der Waals surface area contributed by atoms with E-state index >= 15 is 0 Å². The van der Waals surface area contributed by atoms with Crippen LogP contribution in [0.15, 0.2) is 54.6 Å². The number of amides is 2. The number of nitro groups is 1. The normalized spacial score (nSPS) is 15.8. The van der Waals surface area contributed by atoms with Crippen LogP contribution >= 0.6 is 0 Å². The fourth-order valence-electron chi connectivity index (χ4n) is 3.65. The van der Waals surface area contributed by atoms with Gasteiger partial charge in [-0.1, -0.05) is 36.4 Å². The second kappa shape index (κ2) is 11.4. The van der Waals surface area contributed by atoms with Crippen LogP contribution in [0.3, 0.4) is 0 Å². The van der Waals surface area contributed by atoms with Gasteiger partial charge in [0.2, 0.25) is 0 Å². The summed E-state index contributed by atoms with van der Waals surface area (Å²) >= 11 is 0. The van der Waals surface area contributed by atoms with Crippen LogP contribution in [0.25, 0.3) is 0 Å². The SMILES string of the molecule is CC(OC(=O)[C@H](C)NC(=O)c1cccc([N+](=O)[O-])c1)C(=O)N1CCN(Cc2ccccc2)CC1. The fraction of sp³-hybridized carbons (Fsp3) is 0.375. The van der Waals surface area contributed by atoms with Crippen molar-refractivity contribution in [3.63, 3.8) is 0 Å². The minimum atomic E-state index is -1.04. The van der Waals surface area contributed by atoms with Crippen molar-refractivity contribution in [2.75, 3.05) is 26.2 Å². The number of non-ortho nitro benzene ring substituents is 1. The lowest BCUT2D eigenvalue weighted by Crippen LogP contribution is -2.52. The van der Waals surface area contributed by atoms with Gasteiger partial charge in [0.1, 0.15) is 6.04 Å². The van der Waals surface area contributed by atoms with Crippen molar-refractivity contribution in [3.05, 3.63) is 75.8 Å². The van der Waals surface area contributed by atoms with Crippen molar-refractivity contribution >= 4 is 23.5 Å². The van der Waals surface area contributed by atoms with Crippen molar-refractivity contribution in [2.24, 2.45) is 0 Å². The van der Waals surface area contributed by atoms with Gasteiger partial charge in [0.05, 0.1) is 4.92 Å². The van der Waals surface area contributed by atoms with Gasteiger partial charge in [-0.25, -0.2) is 4.79 Å². The van der Waals surface area contributed by atoms with Crippen LogP contribution in [-0.4, -0.2) is 70.8 Å². The third kappa shape index (κ3) is 6.61. The minimum absolute atomic E-state index is 0.0475. The Bertz CT molecular complexity index is 1040. The first kappa shape index (κ1) is 24.8. The zero-order chi connectivity index (χ0) is 24.7. The second-order valence-corrected chi connectivity index (χ2v) is 8.17. The summed E-state index contributed by atoms with van der Waals surface area (Å²) in [6.07, 6.45) is -0.995. The highest BCUT2D eigenvalue weighted by molar-refractivity contribution is 5.97. The summed E-state index contributed by atoms with van der Waals surface area (Å²) in [5, 5.41) is 13.3. The summed E-state index contributed by atoms with van der Waals surface area (Å²) in [5.41, 5.74) is 1.03. The van der Waals surface area contributed by atoms with Gasteiger partial charge >= 0.3 is 5.97 Å². The van der Waals surface area contributed by atoms with Crippen molar-refractivity contribution in [1.82, 2.24) is 15.1 Å². The quantitative estimate of drug-likeness (QED) is 0.357. The molecule has 0 aromatic heterocycles. The lowest BCUT2D eigenvalue weighted by Gasteiger charge is -2.35. The second-order valence-electron chi connectivity index (χ2n) is 8.17. The molecule has 0 aliphatic carbocycles. The lowest BCUT2D eigenvalue weighted by molar-refractivity contribution is -0.384. The van der Waals surface area contributed by atoms with E-state index in [1.54, 1.807) is 4.90 Å². The van der Waals surface area contributed by atoms with Crippen molar-refractivity contribution in [3.8, 4) is 0 Å². The molecular formula is C24H28N4O6. The molecule has 1 unspecified atom stereocenters. The van der Waals surface area contributed by atoms with Crippen molar-refractivity contribution in [2.45, 2.75) is 32.5 Å². The molecule has 1 aliphatic heterocycles. The molecule has 0 spiro atoms. The van der Waals surface area contributed by atoms with Gasteiger partial charge in [-0.3, -0.25) is 24.6 Å². The Kier molecular flexibility index (Phi) is 8.31. The number of piperazine rings is 1. The van der Waals surface area contributed by atoms with E-state index in [2.05, 4.69) is 22.3 Å². The summed E-state index contributed by atoms with van der Waals surface area (Å²) in [7, 11) is 0. The monoisotopic (exact) mass is 468 g/mol. The van der Waals surface area contributed by atoms with E-state index in [4.69, 9.17) is 4.74 Å². The maximum atomic E-state index is 12.7. The molecule has 0 bridgehead atoms. The van der Waals surface area contributed by atoms with Crippen molar-refractivity contribution in [1.29, 1.82) is 0 Å². The molecule has 1 fully saturated rings. The number of benzene rings is 2. The summed E-state index contributed by atoms with van der Waals surface area (Å²) in [6, 6.07) is 14.3. The number of nitro benzene ring substituents is 1. The third-order valence-electron chi connectivity index (χ3n) is 5.59. The highest BCUT2D eigenvalue weighted by atomic mass is 16.6. The van der Waals surface area contributed by atoms with Gasteiger partial charge in [-0.15, -0.1) is 0 Å². The maximum absolute atomic E-state index is 12.7. The number of carbonyl (C=O) groups is 3. The van der Waals surface area contributed by atoms with E-state index in [1.807, 2.05) is 18.2 Å². The lowest BCUT2D eigenvalue weighted by atomic mass is 10.2. The summed E-state index contributed by atoms with van der Waals surface area (Å²) in [4.78, 5) is 51.7. The third-order valence-corrected chi connectivity index (χ3v) is 5.59. The molecule has 3 rings (SSSR count). The number of nitrogens with one attached hydrogen (secondary N) is 1. The number of ether oxygens (including phenoxy) is 1. The Morgan fingerprint density at radius 1 is 1.03 bits per heavy atom. The first-order chi connectivity index (χ1) is 16.2. The Hall–Kier alpha value is -3.79. The smallest absolute Gasteiger partial charge is 0.329 e. The molecule has 10 nitrogen and oxygen atoms in total. The van der Waals surface area contributed by atoms with E-state index in [0.717, 1.165) is 25.7 Å². The number of carbonyl (C=O) groups excluding carboxylic acids is 3. The molecule has 1 N–H and O–H groups in total. The number of hydrogen-bond acceptors (Lipinski definition) is 7. The van der Waals surface area contributed by atoms with Crippen LogP contribution < -0.4 is 5.32 Å². The van der Waals surface area contributed by atoms with E-state index < -0.39 is 28.9 Å². The Labute approximate surface area is 197 Å². The van der Waals surface area contributed by atoms with Crippen molar-refractivity contribution < 1.29 is 24.0 Å². The van der Waals surface area contributed by atoms with Gasteiger partial charge < -0.3 is 15.0 Å². The Morgan fingerprint density at radius 3 is 2.35 bits per heavy atom. The maximum Gasteiger partial charge on any atom is 0.329 e. The highest BCUT2D eigenvalue weighted by Crippen LogP contribution is 2.14. The van der Waals surface area contributed by atoms with Gasteiger partial charge in [-0.2, -0.15) is 0 Å². The molecule has 2 aromatic rings. The van der Waals surface area contributed by atoms with Crippen LogP contribution in [-0.2, 0) is 20.9 Å². The zero-order valence-corrected chi connectivity index (χ0v) is 19.2. The molecule has 2 aromatic carbocycles. The molecule has 2 amide bonds. The number of nitrogens with zero attached hydrogens (tertiary/aromatic N) is 3. The highest BCUT2D eigenvalue weighted by Gasteiger charge is 2.29. The zero-order valence-electron chi connectivity index (χ0n) is 19.2. The fourth-order valence-corrected chi connectivity index (χ4v) is 3.65. The number of esters is 1. The standard InChI is InChI=1S/C24H28N4O6/c1-17(25-22(29)20-9-6-10-21(15-20)28(32)33)24(31)34-18(2)23(30)27-13-11-26(12-14-27)16-19-7-4-3-5-8-19/h3-10,15,17-18H,11-14,16H2,1-2H3,(H,25,29)/t17-,18?/m0/s1. The minimum Gasteiger partial charge on any atom is -0.451 e. The molecule has 180 valence electrons. The topological polar surface area (TPSA) is 122 Å². The van der Waals surface area contributed by atoms with Crippen LogP contribution in [0.2, 0.25) is 0 Å². The Balaban J connectivity index is 1.46. The van der Waals surface area contributed by atoms with Crippen LogP contribution in [0, 0.1) is 10.1 Å². The molecule has 1 saturated heterocycles. The first-order valence-corrected chi connectivity index (χ1v) is 11.1. The summed E-state index contributed by atoms with van der Waals surface area (Å²) < 4.78 is 5.28. The molecule has 0 radical (unpaired) electrons. The summed E-state index contributed by atoms with van der Waals surface area (Å²) in [6.45, 7) is 6.26. The molecule has 1 aliphatic rings. The average Bonchev–Trinajstić information content (AvgIpc) is 2.84. The van der Waals surface area contributed by atoms with Gasteiger partial charge in [0, 0.05) is 50.4 Å². The number of rotatable bonds is 8.